The van der Waals surface area contributed by atoms with Crippen molar-refractivity contribution in [1.82, 2.24) is 19.7 Å². The largest absolute Gasteiger partial charge is 0.391 e. The number of nitrogens with zero attached hydrogens (tertiary/aromatic N) is 4. The van der Waals surface area contributed by atoms with Crippen LogP contribution in [0.3, 0.4) is 0 Å². The van der Waals surface area contributed by atoms with Crippen molar-refractivity contribution in [2.24, 2.45) is 0 Å². The molecule has 0 saturated carbocycles. The third-order valence-corrected chi connectivity index (χ3v) is 5.73. The van der Waals surface area contributed by atoms with E-state index < -0.39 is 0 Å². The molecule has 1 atom stereocenters. The molecule has 1 aliphatic heterocycles. The lowest BCUT2D eigenvalue weighted by Crippen LogP contribution is -2.41. The van der Waals surface area contributed by atoms with E-state index in [1.165, 1.54) is 0 Å². The van der Waals surface area contributed by atoms with E-state index in [9.17, 15) is 5.11 Å². The van der Waals surface area contributed by atoms with Gasteiger partial charge >= 0.3 is 0 Å². The number of morpholine rings is 1. The average molecular weight is 355 g/mol. The highest BCUT2D eigenvalue weighted by Crippen LogP contribution is 2.27. The number of hydrogen-bond donors (Lipinski definition) is 1. The van der Waals surface area contributed by atoms with E-state index in [1.54, 1.807) is 23.1 Å². The fourth-order valence-corrected chi connectivity index (χ4v) is 4.21. The summed E-state index contributed by atoms with van der Waals surface area (Å²) in [6.07, 6.45) is -0.370. The zero-order valence-corrected chi connectivity index (χ0v) is 14.9. The van der Waals surface area contributed by atoms with E-state index in [0.717, 1.165) is 48.7 Å². The van der Waals surface area contributed by atoms with Crippen molar-refractivity contribution in [3.8, 4) is 10.7 Å². The van der Waals surface area contributed by atoms with E-state index in [4.69, 9.17) is 4.74 Å². The van der Waals surface area contributed by atoms with E-state index in [2.05, 4.69) is 32.7 Å². The molecule has 8 heteroatoms. The molecule has 0 aromatic carbocycles. The van der Waals surface area contributed by atoms with Crippen LogP contribution in [-0.2, 0) is 11.3 Å². The topological polar surface area (TPSA) is 63.4 Å². The van der Waals surface area contributed by atoms with Crippen molar-refractivity contribution in [1.29, 1.82) is 0 Å². The highest BCUT2D eigenvalue weighted by molar-refractivity contribution is 7.99. The van der Waals surface area contributed by atoms with E-state index in [-0.39, 0.29) is 6.10 Å². The third-order valence-electron chi connectivity index (χ3n) is 3.75. The second-order valence-corrected chi connectivity index (χ2v) is 7.34. The van der Waals surface area contributed by atoms with Gasteiger partial charge in [-0.1, -0.05) is 17.8 Å². The van der Waals surface area contributed by atoms with Gasteiger partial charge in [0.25, 0.3) is 0 Å². The Morgan fingerprint density at radius 2 is 2.22 bits per heavy atom. The summed E-state index contributed by atoms with van der Waals surface area (Å²) in [7, 11) is 0. The predicted molar refractivity (Wildman–Crippen MR) is 93.0 cm³/mol. The van der Waals surface area contributed by atoms with Crippen molar-refractivity contribution < 1.29 is 9.84 Å². The first-order valence-electron chi connectivity index (χ1n) is 7.86. The molecule has 6 nitrogen and oxygen atoms in total. The smallest absolute Gasteiger partial charge is 0.191 e. The van der Waals surface area contributed by atoms with E-state index in [1.807, 2.05) is 11.4 Å². The Labute approximate surface area is 144 Å². The van der Waals surface area contributed by atoms with Gasteiger partial charge in [0.1, 0.15) is 0 Å². The van der Waals surface area contributed by atoms with Crippen LogP contribution in [0.15, 0.2) is 22.7 Å². The Balaban J connectivity index is 1.57. The van der Waals surface area contributed by atoms with Crippen LogP contribution in [0.1, 0.15) is 6.92 Å². The second kappa shape index (κ2) is 8.25. The highest BCUT2D eigenvalue weighted by atomic mass is 32.2. The molecule has 0 spiro atoms. The van der Waals surface area contributed by atoms with Gasteiger partial charge in [-0.05, 0) is 18.4 Å². The van der Waals surface area contributed by atoms with Crippen LogP contribution < -0.4 is 0 Å². The molecule has 1 saturated heterocycles. The fourth-order valence-electron chi connectivity index (χ4n) is 2.57. The maximum absolute atomic E-state index is 10.3. The lowest BCUT2D eigenvalue weighted by atomic mass is 10.3. The van der Waals surface area contributed by atoms with Crippen LogP contribution in [0, 0.1) is 0 Å². The van der Waals surface area contributed by atoms with Crippen LogP contribution in [-0.4, -0.2) is 69.5 Å². The predicted octanol–water partition coefficient (Wildman–Crippen LogP) is 1.81. The lowest BCUT2D eigenvalue weighted by molar-refractivity contribution is 0.0188. The molecule has 0 bridgehead atoms. The summed E-state index contributed by atoms with van der Waals surface area (Å²) in [5, 5.41) is 21.8. The summed E-state index contributed by atoms with van der Waals surface area (Å²) < 4.78 is 7.44. The second-order valence-electron chi connectivity index (χ2n) is 5.41. The molecule has 3 rings (SSSR count). The minimum Gasteiger partial charge on any atom is -0.391 e. The maximum Gasteiger partial charge on any atom is 0.191 e. The van der Waals surface area contributed by atoms with Crippen molar-refractivity contribution in [3.05, 3.63) is 17.5 Å². The summed E-state index contributed by atoms with van der Waals surface area (Å²) in [5.41, 5.74) is 0. The monoisotopic (exact) mass is 354 g/mol. The fraction of sp³-hybridized carbons (Fsp3) is 0.600. The average Bonchev–Trinajstić information content (AvgIpc) is 3.22. The molecule has 0 unspecified atom stereocenters. The summed E-state index contributed by atoms with van der Waals surface area (Å²) in [6.45, 7) is 6.92. The van der Waals surface area contributed by atoms with Gasteiger partial charge in [0.15, 0.2) is 11.0 Å². The quantitative estimate of drug-likeness (QED) is 0.765. The number of thiophene rings is 1. The zero-order chi connectivity index (χ0) is 16.1. The standard InChI is InChI=1S/C15H22N4O2S2/c1-2-19-14(13-4-3-9-22-13)16-17-15(19)23-11-12(20)10-18-5-7-21-8-6-18/h3-4,9,12,20H,2,5-8,10-11H2,1H3/t12-/m1/s1. The Bertz CT molecular complexity index is 597. The molecule has 23 heavy (non-hydrogen) atoms. The number of aliphatic hydroxyl groups excluding tert-OH is 1. The Morgan fingerprint density at radius 3 is 2.91 bits per heavy atom. The lowest BCUT2D eigenvalue weighted by Gasteiger charge is -2.28. The van der Waals surface area contributed by atoms with Crippen molar-refractivity contribution in [2.45, 2.75) is 24.7 Å². The number of β-amino-alcohol motifs (C(OH)–C–C–N with tert-alkyl or cyclic N) is 1. The van der Waals surface area contributed by atoms with Gasteiger partial charge in [-0.25, -0.2) is 0 Å². The van der Waals surface area contributed by atoms with Crippen molar-refractivity contribution >= 4 is 23.1 Å². The van der Waals surface area contributed by atoms with Crippen LogP contribution in [0.4, 0.5) is 0 Å². The summed E-state index contributed by atoms with van der Waals surface area (Å²) >= 11 is 3.24. The minimum absolute atomic E-state index is 0.370. The number of rotatable bonds is 7. The highest BCUT2D eigenvalue weighted by Gasteiger charge is 2.18. The van der Waals surface area contributed by atoms with Gasteiger partial charge in [0.2, 0.25) is 0 Å². The molecule has 0 amide bonds. The first kappa shape index (κ1) is 16.9. The molecular weight excluding hydrogens is 332 g/mol. The molecule has 1 fully saturated rings. The van der Waals surface area contributed by atoms with Crippen LogP contribution in [0.2, 0.25) is 0 Å². The first-order valence-corrected chi connectivity index (χ1v) is 9.72. The van der Waals surface area contributed by atoms with Crippen molar-refractivity contribution in [2.75, 3.05) is 38.6 Å². The van der Waals surface area contributed by atoms with Crippen molar-refractivity contribution in [3.63, 3.8) is 0 Å². The van der Waals surface area contributed by atoms with Crippen LogP contribution in [0.25, 0.3) is 10.7 Å². The molecular formula is C15H22N4O2S2. The number of aromatic nitrogens is 3. The Morgan fingerprint density at radius 1 is 1.39 bits per heavy atom. The molecule has 1 N–H and O–H groups in total. The van der Waals surface area contributed by atoms with Gasteiger partial charge in [0, 0.05) is 31.9 Å². The molecule has 0 aliphatic carbocycles. The number of ether oxygens (including phenoxy) is 1. The SMILES string of the molecule is CCn1c(SC[C@H](O)CN2CCOCC2)nnc1-c1cccs1. The van der Waals surface area contributed by atoms with Gasteiger partial charge in [-0.3, -0.25) is 4.90 Å². The van der Waals surface area contributed by atoms with E-state index >= 15 is 0 Å². The molecule has 2 aromatic rings. The van der Waals surface area contributed by atoms with Gasteiger partial charge < -0.3 is 14.4 Å². The van der Waals surface area contributed by atoms with Crippen LogP contribution >= 0.6 is 23.1 Å². The Kier molecular flexibility index (Phi) is 6.07. The number of thioether (sulfide) groups is 1. The first-order chi connectivity index (χ1) is 11.3. The molecule has 3 heterocycles. The zero-order valence-electron chi connectivity index (χ0n) is 13.2. The molecule has 0 radical (unpaired) electrons. The normalized spacial score (nSPS) is 17.5. The van der Waals surface area contributed by atoms with Gasteiger partial charge in [0.05, 0.1) is 24.2 Å². The number of hydrogen-bond acceptors (Lipinski definition) is 7. The minimum atomic E-state index is -0.370. The van der Waals surface area contributed by atoms with Crippen LogP contribution in [0.5, 0.6) is 0 Å². The molecule has 2 aromatic heterocycles. The number of aliphatic hydroxyl groups is 1. The molecule has 1 aliphatic rings. The van der Waals surface area contributed by atoms with Gasteiger partial charge in [-0.2, -0.15) is 0 Å². The third kappa shape index (κ3) is 4.33. The summed E-state index contributed by atoms with van der Waals surface area (Å²) in [5.74, 6) is 1.53. The maximum atomic E-state index is 10.3. The van der Waals surface area contributed by atoms with Gasteiger partial charge in [-0.15, -0.1) is 21.5 Å². The summed E-state index contributed by atoms with van der Waals surface area (Å²) in [4.78, 5) is 3.37. The molecule has 126 valence electrons. The van der Waals surface area contributed by atoms with E-state index in [0.29, 0.717) is 12.3 Å². The Hall–Kier alpha value is -0.930. The summed E-state index contributed by atoms with van der Waals surface area (Å²) in [6, 6.07) is 4.08.